The number of amides is 1. The second kappa shape index (κ2) is 9.21. The average molecular weight is 403 g/mol. The van der Waals surface area contributed by atoms with E-state index < -0.39 is 0 Å². The normalized spacial score (nSPS) is 15.4. The molecule has 0 N–H and O–H groups in total. The van der Waals surface area contributed by atoms with Crippen molar-refractivity contribution in [1.29, 1.82) is 0 Å². The Labute approximate surface area is 177 Å². The SMILES string of the molecule is C[C@@H](CC(=O)N(Cc1ccccn1)C(c1ccccc1)C1CC1)c1ccc(F)cc1. The highest BCUT2D eigenvalue weighted by molar-refractivity contribution is 5.77. The van der Waals surface area contributed by atoms with Crippen LogP contribution in [0.1, 0.15) is 55.0 Å². The van der Waals surface area contributed by atoms with Crippen molar-refractivity contribution in [2.75, 3.05) is 0 Å². The third-order valence-corrected chi connectivity index (χ3v) is 5.84. The summed E-state index contributed by atoms with van der Waals surface area (Å²) in [5.41, 5.74) is 3.05. The van der Waals surface area contributed by atoms with Crippen molar-refractivity contribution >= 4 is 5.91 Å². The first-order valence-electron chi connectivity index (χ1n) is 10.6. The van der Waals surface area contributed by atoms with Gasteiger partial charge < -0.3 is 4.90 Å². The van der Waals surface area contributed by atoms with Crippen LogP contribution in [0.25, 0.3) is 0 Å². The molecule has 4 heteroatoms. The van der Waals surface area contributed by atoms with Gasteiger partial charge in [-0.3, -0.25) is 9.78 Å². The molecule has 1 aliphatic carbocycles. The van der Waals surface area contributed by atoms with Crippen molar-refractivity contribution in [2.45, 2.75) is 44.7 Å². The summed E-state index contributed by atoms with van der Waals surface area (Å²) in [5, 5.41) is 0. The Kier molecular flexibility index (Phi) is 6.22. The van der Waals surface area contributed by atoms with Gasteiger partial charge in [0, 0.05) is 12.6 Å². The number of nitrogens with zero attached hydrogens (tertiary/aromatic N) is 2. The van der Waals surface area contributed by atoms with Crippen molar-refractivity contribution in [2.24, 2.45) is 5.92 Å². The summed E-state index contributed by atoms with van der Waals surface area (Å²) in [4.78, 5) is 20.0. The number of halogens is 1. The van der Waals surface area contributed by atoms with Crippen LogP contribution < -0.4 is 0 Å². The van der Waals surface area contributed by atoms with Gasteiger partial charge in [-0.1, -0.05) is 55.5 Å². The second-order valence-electron chi connectivity index (χ2n) is 8.19. The van der Waals surface area contributed by atoms with Gasteiger partial charge in [0.05, 0.1) is 18.3 Å². The number of benzene rings is 2. The first-order valence-corrected chi connectivity index (χ1v) is 10.6. The average Bonchev–Trinajstić information content (AvgIpc) is 3.60. The van der Waals surface area contributed by atoms with Crippen LogP contribution in [0.4, 0.5) is 4.39 Å². The Morgan fingerprint density at radius 1 is 1.00 bits per heavy atom. The molecule has 1 saturated carbocycles. The van der Waals surface area contributed by atoms with Crippen molar-refractivity contribution in [3.63, 3.8) is 0 Å². The zero-order valence-corrected chi connectivity index (χ0v) is 17.2. The fraction of sp³-hybridized carbons (Fsp3) is 0.308. The quantitative estimate of drug-likeness (QED) is 0.470. The first kappa shape index (κ1) is 20.3. The fourth-order valence-electron chi connectivity index (χ4n) is 4.06. The Balaban J connectivity index is 1.60. The number of hydrogen-bond acceptors (Lipinski definition) is 2. The van der Waals surface area contributed by atoms with Crippen LogP contribution in [0.15, 0.2) is 79.0 Å². The lowest BCUT2D eigenvalue weighted by Gasteiger charge is -2.33. The molecule has 3 aromatic rings. The van der Waals surface area contributed by atoms with E-state index in [-0.39, 0.29) is 23.7 Å². The molecule has 0 saturated heterocycles. The molecule has 154 valence electrons. The van der Waals surface area contributed by atoms with E-state index in [1.807, 2.05) is 48.2 Å². The van der Waals surface area contributed by atoms with Crippen LogP contribution in [0.2, 0.25) is 0 Å². The molecule has 1 fully saturated rings. The summed E-state index contributed by atoms with van der Waals surface area (Å²) in [7, 11) is 0. The van der Waals surface area contributed by atoms with E-state index in [0.717, 1.165) is 24.1 Å². The van der Waals surface area contributed by atoms with E-state index in [0.29, 0.717) is 18.9 Å². The molecule has 0 radical (unpaired) electrons. The van der Waals surface area contributed by atoms with Crippen molar-refractivity contribution < 1.29 is 9.18 Å². The van der Waals surface area contributed by atoms with Gasteiger partial charge in [0.25, 0.3) is 0 Å². The second-order valence-corrected chi connectivity index (χ2v) is 8.19. The summed E-state index contributed by atoms with van der Waals surface area (Å²) >= 11 is 0. The van der Waals surface area contributed by atoms with Crippen LogP contribution in [0.3, 0.4) is 0 Å². The van der Waals surface area contributed by atoms with E-state index in [9.17, 15) is 9.18 Å². The van der Waals surface area contributed by atoms with Crippen molar-refractivity contribution in [3.05, 3.63) is 102 Å². The highest BCUT2D eigenvalue weighted by Gasteiger charge is 2.38. The minimum absolute atomic E-state index is 0.0139. The molecule has 1 heterocycles. The molecular weight excluding hydrogens is 375 g/mol. The van der Waals surface area contributed by atoms with Crippen molar-refractivity contribution in [3.8, 4) is 0 Å². The molecule has 2 atom stereocenters. The molecule has 1 amide bonds. The van der Waals surface area contributed by atoms with E-state index in [4.69, 9.17) is 0 Å². The molecule has 3 nitrogen and oxygen atoms in total. The van der Waals surface area contributed by atoms with Gasteiger partial charge in [0.15, 0.2) is 0 Å². The highest BCUT2D eigenvalue weighted by atomic mass is 19.1. The Morgan fingerprint density at radius 3 is 2.33 bits per heavy atom. The third-order valence-electron chi connectivity index (χ3n) is 5.84. The lowest BCUT2D eigenvalue weighted by molar-refractivity contribution is -0.135. The Bertz CT molecular complexity index is 955. The third kappa shape index (κ3) is 4.93. The van der Waals surface area contributed by atoms with Crippen LogP contribution >= 0.6 is 0 Å². The molecule has 1 unspecified atom stereocenters. The zero-order valence-electron chi connectivity index (χ0n) is 17.2. The van der Waals surface area contributed by atoms with Crippen LogP contribution in [0, 0.1) is 11.7 Å². The zero-order chi connectivity index (χ0) is 20.9. The number of rotatable bonds is 8. The Hall–Kier alpha value is -3.01. The van der Waals surface area contributed by atoms with Crippen LogP contribution in [0.5, 0.6) is 0 Å². The molecule has 2 aromatic carbocycles. The van der Waals surface area contributed by atoms with Gasteiger partial charge in [-0.25, -0.2) is 4.39 Å². The summed E-state index contributed by atoms with van der Waals surface area (Å²) in [6.07, 6.45) is 4.43. The Morgan fingerprint density at radius 2 is 1.70 bits per heavy atom. The minimum Gasteiger partial charge on any atom is -0.329 e. The van der Waals surface area contributed by atoms with Crippen LogP contribution in [-0.2, 0) is 11.3 Å². The topological polar surface area (TPSA) is 33.2 Å². The summed E-state index contributed by atoms with van der Waals surface area (Å²) in [6.45, 7) is 2.52. The van der Waals surface area contributed by atoms with E-state index >= 15 is 0 Å². The maximum Gasteiger partial charge on any atom is 0.224 e. The number of pyridine rings is 1. The monoisotopic (exact) mass is 402 g/mol. The minimum atomic E-state index is -0.257. The van der Waals surface area contributed by atoms with Gasteiger partial charge in [-0.05, 0) is 60.1 Å². The predicted molar refractivity (Wildman–Crippen MR) is 116 cm³/mol. The number of aromatic nitrogens is 1. The lowest BCUT2D eigenvalue weighted by atomic mass is 9.95. The summed E-state index contributed by atoms with van der Waals surface area (Å²) < 4.78 is 13.3. The fourth-order valence-corrected chi connectivity index (χ4v) is 4.06. The summed E-state index contributed by atoms with van der Waals surface area (Å²) in [5.74, 6) is 0.353. The maximum atomic E-state index is 13.6. The molecule has 4 rings (SSSR count). The summed E-state index contributed by atoms with van der Waals surface area (Å²) in [6, 6.07) is 22.6. The molecular formula is C26H27FN2O. The molecule has 1 aromatic heterocycles. The standard InChI is InChI=1S/C26H27FN2O/c1-19(20-12-14-23(27)15-13-20)17-25(30)29(18-24-9-5-6-16-28-24)26(22-10-11-22)21-7-3-2-4-8-21/h2-9,12-16,19,22,26H,10-11,17-18H2,1H3/t19-,26?/m0/s1. The molecule has 0 spiro atoms. The number of carbonyl (C=O) groups is 1. The van der Waals surface area contributed by atoms with E-state index in [1.54, 1.807) is 18.3 Å². The first-order chi connectivity index (χ1) is 14.6. The molecule has 0 bridgehead atoms. The van der Waals surface area contributed by atoms with Gasteiger partial charge in [-0.15, -0.1) is 0 Å². The van der Waals surface area contributed by atoms with Crippen molar-refractivity contribution in [1.82, 2.24) is 9.88 Å². The highest BCUT2D eigenvalue weighted by Crippen LogP contribution is 2.45. The predicted octanol–water partition coefficient (Wildman–Crippen LogP) is 5.89. The van der Waals surface area contributed by atoms with Gasteiger partial charge >= 0.3 is 0 Å². The number of carbonyl (C=O) groups excluding carboxylic acids is 1. The molecule has 1 aliphatic rings. The van der Waals surface area contributed by atoms with Gasteiger partial charge in [0.1, 0.15) is 5.82 Å². The lowest BCUT2D eigenvalue weighted by Crippen LogP contribution is -2.36. The molecule has 0 aliphatic heterocycles. The van der Waals surface area contributed by atoms with Gasteiger partial charge in [0.2, 0.25) is 5.91 Å². The number of hydrogen-bond donors (Lipinski definition) is 0. The van der Waals surface area contributed by atoms with Gasteiger partial charge in [-0.2, -0.15) is 0 Å². The smallest absolute Gasteiger partial charge is 0.224 e. The van der Waals surface area contributed by atoms with E-state index in [1.165, 1.54) is 17.7 Å². The maximum absolute atomic E-state index is 13.6. The molecule has 30 heavy (non-hydrogen) atoms. The largest absolute Gasteiger partial charge is 0.329 e. The van der Waals surface area contributed by atoms with E-state index in [2.05, 4.69) is 17.1 Å². The van der Waals surface area contributed by atoms with Crippen LogP contribution in [-0.4, -0.2) is 15.8 Å².